The van der Waals surface area contributed by atoms with Crippen LogP contribution in [0.25, 0.3) is 6.08 Å². The molecule has 0 atom stereocenters. The molecule has 1 aromatic heterocycles. The average Bonchev–Trinajstić information content (AvgIpc) is 2.47. The molecule has 102 valence electrons. The van der Waals surface area contributed by atoms with E-state index in [2.05, 4.69) is 10.3 Å². The SMILES string of the molecule is O=C(/C=C/c1cccnc1)NC1(CO)CCOCC1. The number of ether oxygens (including phenoxy) is 1. The van der Waals surface area contributed by atoms with E-state index in [1.54, 1.807) is 18.5 Å². The highest BCUT2D eigenvalue weighted by Crippen LogP contribution is 2.19. The minimum atomic E-state index is -0.547. The number of pyridine rings is 1. The largest absolute Gasteiger partial charge is 0.394 e. The first-order valence-electron chi connectivity index (χ1n) is 6.33. The van der Waals surface area contributed by atoms with Crippen molar-refractivity contribution in [1.82, 2.24) is 10.3 Å². The normalized spacial score (nSPS) is 18.4. The van der Waals surface area contributed by atoms with Gasteiger partial charge in [-0.25, -0.2) is 0 Å². The maximum Gasteiger partial charge on any atom is 0.244 e. The first-order valence-corrected chi connectivity index (χ1v) is 6.33. The highest BCUT2D eigenvalue weighted by molar-refractivity contribution is 5.92. The summed E-state index contributed by atoms with van der Waals surface area (Å²) in [6.07, 6.45) is 7.79. The summed E-state index contributed by atoms with van der Waals surface area (Å²) in [6.45, 7) is 1.06. The Labute approximate surface area is 112 Å². The third-order valence-corrected chi connectivity index (χ3v) is 3.25. The Morgan fingerprint density at radius 1 is 1.53 bits per heavy atom. The zero-order chi connectivity index (χ0) is 13.6. The van der Waals surface area contributed by atoms with Gasteiger partial charge < -0.3 is 15.2 Å². The number of aromatic nitrogens is 1. The Morgan fingerprint density at radius 3 is 2.95 bits per heavy atom. The van der Waals surface area contributed by atoms with Crippen molar-refractivity contribution in [2.24, 2.45) is 0 Å². The molecule has 0 aliphatic carbocycles. The van der Waals surface area contributed by atoms with Crippen molar-refractivity contribution < 1.29 is 14.6 Å². The average molecular weight is 262 g/mol. The van der Waals surface area contributed by atoms with Gasteiger partial charge in [-0.3, -0.25) is 9.78 Å². The molecule has 1 saturated heterocycles. The van der Waals surface area contributed by atoms with Crippen molar-refractivity contribution in [1.29, 1.82) is 0 Å². The van der Waals surface area contributed by atoms with Crippen LogP contribution in [0.3, 0.4) is 0 Å². The molecule has 0 bridgehead atoms. The zero-order valence-electron chi connectivity index (χ0n) is 10.7. The Kier molecular flexibility index (Phi) is 4.65. The number of nitrogens with one attached hydrogen (secondary N) is 1. The molecule has 1 aromatic rings. The van der Waals surface area contributed by atoms with Crippen molar-refractivity contribution in [2.75, 3.05) is 19.8 Å². The smallest absolute Gasteiger partial charge is 0.244 e. The quantitative estimate of drug-likeness (QED) is 0.786. The van der Waals surface area contributed by atoms with Crippen molar-refractivity contribution in [3.8, 4) is 0 Å². The molecule has 1 fully saturated rings. The summed E-state index contributed by atoms with van der Waals surface area (Å²) in [7, 11) is 0. The van der Waals surface area contributed by atoms with Gasteiger partial charge in [0, 0.05) is 31.7 Å². The molecule has 1 aliphatic heterocycles. The highest BCUT2D eigenvalue weighted by atomic mass is 16.5. The van der Waals surface area contributed by atoms with E-state index >= 15 is 0 Å². The number of hydrogen-bond donors (Lipinski definition) is 2. The number of nitrogens with zero attached hydrogens (tertiary/aromatic N) is 1. The maximum atomic E-state index is 11.9. The molecule has 1 aliphatic rings. The number of aliphatic hydroxyl groups is 1. The lowest BCUT2D eigenvalue weighted by Crippen LogP contribution is -2.54. The summed E-state index contributed by atoms with van der Waals surface area (Å²) in [6, 6.07) is 3.68. The standard InChI is InChI=1S/C14H18N2O3/c17-11-14(5-8-19-9-6-14)16-13(18)4-3-12-2-1-7-15-10-12/h1-4,7,10,17H,5-6,8-9,11H2,(H,16,18)/b4-3+. The van der Waals surface area contributed by atoms with Crippen LogP contribution >= 0.6 is 0 Å². The third-order valence-electron chi connectivity index (χ3n) is 3.25. The minimum Gasteiger partial charge on any atom is -0.394 e. The molecule has 5 heteroatoms. The fourth-order valence-electron chi connectivity index (χ4n) is 2.03. The van der Waals surface area contributed by atoms with Crippen LogP contribution in [-0.2, 0) is 9.53 Å². The summed E-state index contributed by atoms with van der Waals surface area (Å²) in [5, 5.41) is 12.3. The maximum absolute atomic E-state index is 11.9. The lowest BCUT2D eigenvalue weighted by atomic mass is 9.91. The van der Waals surface area contributed by atoms with Crippen LogP contribution in [0.5, 0.6) is 0 Å². The predicted molar refractivity (Wildman–Crippen MR) is 71.3 cm³/mol. The Morgan fingerprint density at radius 2 is 2.32 bits per heavy atom. The van der Waals surface area contributed by atoms with E-state index < -0.39 is 5.54 Å². The summed E-state index contributed by atoms with van der Waals surface area (Å²) >= 11 is 0. The third kappa shape index (κ3) is 3.87. The number of hydrogen-bond acceptors (Lipinski definition) is 4. The van der Waals surface area contributed by atoms with Crippen LogP contribution in [-0.4, -0.2) is 41.4 Å². The number of carbonyl (C=O) groups excluding carboxylic acids is 1. The summed E-state index contributed by atoms with van der Waals surface area (Å²) in [5.74, 6) is -0.209. The van der Waals surface area contributed by atoms with Gasteiger partial charge in [-0.2, -0.15) is 0 Å². The molecule has 2 rings (SSSR count). The van der Waals surface area contributed by atoms with E-state index in [1.165, 1.54) is 6.08 Å². The van der Waals surface area contributed by atoms with Crippen LogP contribution in [0.2, 0.25) is 0 Å². The molecular formula is C14H18N2O3. The van der Waals surface area contributed by atoms with Gasteiger partial charge in [0.15, 0.2) is 0 Å². The molecule has 0 radical (unpaired) electrons. The first-order chi connectivity index (χ1) is 9.24. The molecule has 2 heterocycles. The molecule has 5 nitrogen and oxygen atoms in total. The minimum absolute atomic E-state index is 0.0666. The van der Waals surface area contributed by atoms with Crippen LogP contribution in [0.15, 0.2) is 30.6 Å². The van der Waals surface area contributed by atoms with Gasteiger partial charge in [-0.1, -0.05) is 6.07 Å². The van der Waals surface area contributed by atoms with Crippen molar-refractivity contribution in [3.63, 3.8) is 0 Å². The highest BCUT2D eigenvalue weighted by Gasteiger charge is 2.32. The van der Waals surface area contributed by atoms with E-state index in [0.717, 1.165) is 5.56 Å². The van der Waals surface area contributed by atoms with E-state index in [9.17, 15) is 9.90 Å². The van der Waals surface area contributed by atoms with Crippen LogP contribution in [0.4, 0.5) is 0 Å². The van der Waals surface area contributed by atoms with Gasteiger partial charge in [-0.05, 0) is 30.5 Å². The number of carbonyl (C=O) groups is 1. The Bertz CT molecular complexity index is 439. The second-order valence-corrected chi connectivity index (χ2v) is 4.66. The van der Waals surface area contributed by atoms with Gasteiger partial charge >= 0.3 is 0 Å². The van der Waals surface area contributed by atoms with Crippen LogP contribution in [0.1, 0.15) is 18.4 Å². The summed E-state index contributed by atoms with van der Waals surface area (Å²) in [5.41, 5.74) is 0.317. The van der Waals surface area contributed by atoms with E-state index in [-0.39, 0.29) is 12.5 Å². The van der Waals surface area contributed by atoms with Crippen molar-refractivity contribution >= 4 is 12.0 Å². The van der Waals surface area contributed by atoms with Gasteiger partial charge in [-0.15, -0.1) is 0 Å². The van der Waals surface area contributed by atoms with Crippen LogP contribution < -0.4 is 5.32 Å². The molecule has 0 aromatic carbocycles. The van der Waals surface area contributed by atoms with Crippen molar-refractivity contribution in [2.45, 2.75) is 18.4 Å². The van der Waals surface area contributed by atoms with E-state index in [0.29, 0.717) is 26.1 Å². The second kappa shape index (κ2) is 6.45. The Balaban J connectivity index is 1.95. The van der Waals surface area contributed by atoms with E-state index in [1.807, 2.05) is 12.1 Å². The molecule has 0 spiro atoms. The molecule has 1 amide bonds. The number of rotatable bonds is 4. The summed E-state index contributed by atoms with van der Waals surface area (Å²) in [4.78, 5) is 15.8. The van der Waals surface area contributed by atoms with Crippen molar-refractivity contribution in [3.05, 3.63) is 36.2 Å². The number of aliphatic hydroxyl groups excluding tert-OH is 1. The fraction of sp³-hybridized carbons (Fsp3) is 0.429. The van der Waals surface area contributed by atoms with Gasteiger partial charge in [0.2, 0.25) is 5.91 Å². The molecule has 0 unspecified atom stereocenters. The second-order valence-electron chi connectivity index (χ2n) is 4.66. The lowest BCUT2D eigenvalue weighted by molar-refractivity contribution is -0.120. The van der Waals surface area contributed by atoms with Crippen LogP contribution in [0, 0.1) is 0 Å². The summed E-state index contributed by atoms with van der Waals surface area (Å²) < 4.78 is 5.25. The molecular weight excluding hydrogens is 244 g/mol. The van der Waals surface area contributed by atoms with Gasteiger partial charge in [0.1, 0.15) is 0 Å². The Hall–Kier alpha value is -1.72. The molecule has 19 heavy (non-hydrogen) atoms. The lowest BCUT2D eigenvalue weighted by Gasteiger charge is -2.35. The molecule has 0 saturated carbocycles. The fourth-order valence-corrected chi connectivity index (χ4v) is 2.03. The van der Waals surface area contributed by atoms with E-state index in [4.69, 9.17) is 4.74 Å². The first kappa shape index (κ1) is 13.7. The number of amides is 1. The predicted octanol–water partition coefficient (Wildman–Crippen LogP) is 0.753. The zero-order valence-corrected chi connectivity index (χ0v) is 10.7. The van der Waals surface area contributed by atoms with Gasteiger partial charge in [0.05, 0.1) is 12.1 Å². The topological polar surface area (TPSA) is 71.5 Å². The molecule has 2 N–H and O–H groups in total. The van der Waals surface area contributed by atoms with Gasteiger partial charge in [0.25, 0.3) is 0 Å². The monoisotopic (exact) mass is 262 g/mol.